The van der Waals surface area contributed by atoms with E-state index in [0.717, 1.165) is 19.2 Å². The molecular weight excluding hydrogens is 299 g/mol. The van der Waals surface area contributed by atoms with Crippen LogP contribution in [-0.2, 0) is 4.74 Å². The van der Waals surface area contributed by atoms with E-state index in [9.17, 15) is 9.18 Å². The Hall–Kier alpha value is -2.17. The fourth-order valence-corrected chi connectivity index (χ4v) is 2.46. The molecule has 1 aromatic rings. The molecule has 1 fully saturated rings. The number of halogens is 1. The summed E-state index contributed by atoms with van der Waals surface area (Å²) in [7, 11) is 0. The summed E-state index contributed by atoms with van der Waals surface area (Å²) < 4.78 is 18.4. The van der Waals surface area contributed by atoms with Crippen LogP contribution in [0.25, 0.3) is 0 Å². The third-order valence-corrected chi connectivity index (χ3v) is 3.90. The molecule has 1 aliphatic rings. The van der Waals surface area contributed by atoms with Crippen molar-refractivity contribution in [1.82, 2.24) is 10.2 Å². The van der Waals surface area contributed by atoms with E-state index in [1.807, 2.05) is 6.07 Å². The summed E-state index contributed by atoms with van der Waals surface area (Å²) in [4.78, 5) is 14.3. The molecule has 0 unspecified atom stereocenters. The van der Waals surface area contributed by atoms with E-state index in [-0.39, 0.29) is 16.8 Å². The SMILES string of the molecule is CC(C)(CNC(=O)Nc1ccc(F)cc1C#N)N1CCOCC1. The maximum Gasteiger partial charge on any atom is 0.319 e. The topological polar surface area (TPSA) is 77.4 Å². The first-order chi connectivity index (χ1) is 10.9. The van der Waals surface area contributed by atoms with Crippen molar-refractivity contribution in [3.8, 4) is 6.07 Å². The van der Waals surface area contributed by atoms with Crippen LogP contribution in [0, 0.1) is 17.1 Å². The lowest BCUT2D eigenvalue weighted by Crippen LogP contribution is -2.55. The summed E-state index contributed by atoms with van der Waals surface area (Å²) in [5.41, 5.74) is 0.172. The predicted molar refractivity (Wildman–Crippen MR) is 84.6 cm³/mol. The van der Waals surface area contributed by atoms with Crippen LogP contribution in [0.5, 0.6) is 0 Å². The Morgan fingerprint density at radius 1 is 1.43 bits per heavy atom. The lowest BCUT2D eigenvalue weighted by molar-refractivity contribution is -0.00863. The molecule has 1 aromatic carbocycles. The molecule has 2 rings (SSSR count). The summed E-state index contributed by atoms with van der Waals surface area (Å²) in [5, 5.41) is 14.4. The first-order valence-corrected chi connectivity index (χ1v) is 7.50. The number of carbonyl (C=O) groups excluding carboxylic acids is 1. The number of benzene rings is 1. The third kappa shape index (κ3) is 4.65. The number of hydrogen-bond acceptors (Lipinski definition) is 4. The average Bonchev–Trinajstić information content (AvgIpc) is 2.55. The van der Waals surface area contributed by atoms with Crippen LogP contribution in [-0.4, -0.2) is 49.3 Å². The fourth-order valence-electron chi connectivity index (χ4n) is 2.46. The monoisotopic (exact) mass is 320 g/mol. The maximum absolute atomic E-state index is 13.1. The van der Waals surface area contributed by atoms with Crippen LogP contribution in [0.15, 0.2) is 18.2 Å². The smallest absolute Gasteiger partial charge is 0.319 e. The standard InChI is InChI=1S/C16H21FN4O2/c1-16(2,21-5-7-23-8-6-21)11-19-15(22)20-14-4-3-13(17)9-12(14)10-18/h3-4,9H,5-8,11H2,1-2H3,(H2,19,20,22). The lowest BCUT2D eigenvalue weighted by atomic mass is 10.0. The quantitative estimate of drug-likeness (QED) is 0.888. The molecular formula is C16H21FN4O2. The highest BCUT2D eigenvalue weighted by Gasteiger charge is 2.28. The maximum atomic E-state index is 13.1. The van der Waals surface area contributed by atoms with Crippen molar-refractivity contribution in [3.05, 3.63) is 29.6 Å². The molecule has 0 radical (unpaired) electrons. The van der Waals surface area contributed by atoms with Gasteiger partial charge in [-0.15, -0.1) is 0 Å². The normalized spacial score (nSPS) is 15.7. The second-order valence-corrected chi connectivity index (χ2v) is 6.02. The Labute approximate surface area is 135 Å². The number of ether oxygens (including phenoxy) is 1. The zero-order valence-corrected chi connectivity index (χ0v) is 13.4. The number of nitrogens with one attached hydrogen (secondary N) is 2. The van der Waals surface area contributed by atoms with Gasteiger partial charge >= 0.3 is 6.03 Å². The van der Waals surface area contributed by atoms with Gasteiger partial charge < -0.3 is 15.4 Å². The summed E-state index contributed by atoms with van der Waals surface area (Å²) in [6, 6.07) is 5.11. The van der Waals surface area contributed by atoms with Crippen LogP contribution in [0.4, 0.5) is 14.9 Å². The van der Waals surface area contributed by atoms with Crippen molar-refractivity contribution in [2.45, 2.75) is 19.4 Å². The van der Waals surface area contributed by atoms with Gasteiger partial charge in [0, 0.05) is 25.2 Å². The number of morpholine rings is 1. The number of amides is 2. The number of rotatable bonds is 4. The highest BCUT2D eigenvalue weighted by atomic mass is 19.1. The number of nitriles is 1. The molecule has 0 saturated carbocycles. The highest BCUT2D eigenvalue weighted by Crippen LogP contribution is 2.17. The lowest BCUT2D eigenvalue weighted by Gasteiger charge is -2.40. The van der Waals surface area contributed by atoms with Gasteiger partial charge in [-0.2, -0.15) is 5.26 Å². The fraction of sp³-hybridized carbons (Fsp3) is 0.500. The minimum atomic E-state index is -0.513. The molecule has 6 nitrogen and oxygen atoms in total. The number of urea groups is 1. The third-order valence-electron chi connectivity index (χ3n) is 3.90. The molecule has 1 heterocycles. The van der Waals surface area contributed by atoms with Crippen LogP contribution in [0.3, 0.4) is 0 Å². The zero-order valence-electron chi connectivity index (χ0n) is 13.4. The van der Waals surface area contributed by atoms with E-state index in [0.29, 0.717) is 19.8 Å². The van der Waals surface area contributed by atoms with Gasteiger partial charge in [0.05, 0.1) is 24.5 Å². The first kappa shape index (κ1) is 17.2. The Bertz CT molecular complexity index is 607. The molecule has 0 aromatic heterocycles. The van der Waals surface area contributed by atoms with E-state index in [4.69, 9.17) is 10.00 Å². The van der Waals surface area contributed by atoms with Crippen molar-refractivity contribution in [1.29, 1.82) is 5.26 Å². The summed E-state index contributed by atoms with van der Waals surface area (Å²) in [5.74, 6) is -0.513. The molecule has 0 atom stereocenters. The Balaban J connectivity index is 1.91. The molecule has 1 aliphatic heterocycles. The van der Waals surface area contributed by atoms with Crippen LogP contribution >= 0.6 is 0 Å². The second-order valence-electron chi connectivity index (χ2n) is 6.02. The number of nitrogens with zero attached hydrogens (tertiary/aromatic N) is 2. The Morgan fingerprint density at radius 3 is 2.78 bits per heavy atom. The molecule has 23 heavy (non-hydrogen) atoms. The van der Waals surface area contributed by atoms with Gasteiger partial charge in [-0.3, -0.25) is 4.90 Å². The number of hydrogen-bond donors (Lipinski definition) is 2. The van der Waals surface area contributed by atoms with Crippen molar-refractivity contribution < 1.29 is 13.9 Å². The Kier molecular flexibility index (Phi) is 5.53. The minimum absolute atomic E-state index is 0.0904. The zero-order chi connectivity index (χ0) is 16.9. The van der Waals surface area contributed by atoms with Crippen molar-refractivity contribution >= 4 is 11.7 Å². The van der Waals surface area contributed by atoms with E-state index in [1.165, 1.54) is 12.1 Å². The molecule has 124 valence electrons. The first-order valence-electron chi connectivity index (χ1n) is 7.50. The van der Waals surface area contributed by atoms with Crippen molar-refractivity contribution in [3.63, 3.8) is 0 Å². The van der Waals surface area contributed by atoms with Gasteiger partial charge in [0.1, 0.15) is 11.9 Å². The van der Waals surface area contributed by atoms with Gasteiger partial charge in [-0.1, -0.05) is 0 Å². The van der Waals surface area contributed by atoms with Gasteiger partial charge in [0.25, 0.3) is 0 Å². The molecule has 0 aliphatic carbocycles. The second kappa shape index (κ2) is 7.40. The van der Waals surface area contributed by atoms with E-state index < -0.39 is 11.8 Å². The largest absolute Gasteiger partial charge is 0.379 e. The van der Waals surface area contributed by atoms with Gasteiger partial charge in [-0.25, -0.2) is 9.18 Å². The molecule has 0 spiro atoms. The summed E-state index contributed by atoms with van der Waals surface area (Å²) in [6.45, 7) is 7.59. The Morgan fingerprint density at radius 2 is 2.13 bits per heavy atom. The van der Waals surface area contributed by atoms with Crippen LogP contribution in [0.2, 0.25) is 0 Å². The minimum Gasteiger partial charge on any atom is -0.379 e. The van der Waals surface area contributed by atoms with E-state index in [1.54, 1.807) is 0 Å². The van der Waals surface area contributed by atoms with E-state index >= 15 is 0 Å². The molecule has 2 amide bonds. The predicted octanol–water partition coefficient (Wildman–Crippen LogP) is 1.93. The summed E-state index contributed by atoms with van der Waals surface area (Å²) >= 11 is 0. The average molecular weight is 320 g/mol. The van der Waals surface area contributed by atoms with Crippen molar-refractivity contribution in [2.75, 3.05) is 38.2 Å². The molecule has 7 heteroatoms. The van der Waals surface area contributed by atoms with Crippen molar-refractivity contribution in [2.24, 2.45) is 0 Å². The summed E-state index contributed by atoms with van der Waals surface area (Å²) in [6.07, 6.45) is 0. The number of carbonyl (C=O) groups is 1. The molecule has 0 bridgehead atoms. The molecule has 2 N–H and O–H groups in total. The van der Waals surface area contributed by atoms with Gasteiger partial charge in [0.15, 0.2) is 0 Å². The highest BCUT2D eigenvalue weighted by molar-refractivity contribution is 5.90. The van der Waals surface area contributed by atoms with Gasteiger partial charge in [0.2, 0.25) is 0 Å². The molecule has 1 saturated heterocycles. The van der Waals surface area contributed by atoms with Gasteiger partial charge in [-0.05, 0) is 32.0 Å². The van der Waals surface area contributed by atoms with E-state index in [2.05, 4.69) is 29.4 Å². The number of anilines is 1. The van der Waals surface area contributed by atoms with Crippen LogP contribution in [0.1, 0.15) is 19.4 Å². The van der Waals surface area contributed by atoms with Crippen LogP contribution < -0.4 is 10.6 Å².